The number of carbonyl (C=O) groups is 3. The molecule has 3 aromatic rings. The minimum absolute atomic E-state index is 0.139. The highest BCUT2D eigenvalue weighted by Gasteiger charge is 2.39. The van der Waals surface area contributed by atoms with E-state index in [4.69, 9.17) is 16.3 Å². The summed E-state index contributed by atoms with van der Waals surface area (Å²) in [6.07, 6.45) is 0. The smallest absolute Gasteiger partial charge is 0.283 e. The second-order valence-electron chi connectivity index (χ2n) is 7.23. The number of amides is 3. The third kappa shape index (κ3) is 4.77. The number of ether oxygens (including phenoxy) is 1. The van der Waals surface area contributed by atoms with E-state index in [1.807, 2.05) is 6.92 Å². The Morgan fingerprint density at radius 2 is 1.68 bits per heavy atom. The molecule has 3 amide bonds. The Bertz CT molecular complexity index is 1290. The van der Waals surface area contributed by atoms with Crippen molar-refractivity contribution in [2.45, 2.75) is 6.92 Å². The molecule has 7 nitrogen and oxygen atoms in total. The molecule has 34 heavy (non-hydrogen) atoms. The van der Waals surface area contributed by atoms with E-state index in [-0.39, 0.29) is 22.3 Å². The zero-order valence-corrected chi connectivity index (χ0v) is 18.7. The summed E-state index contributed by atoms with van der Waals surface area (Å²) in [5.74, 6) is -1.59. The predicted octanol–water partition coefficient (Wildman–Crippen LogP) is 4.91. The van der Waals surface area contributed by atoms with Crippen LogP contribution in [-0.2, 0) is 9.59 Å². The Morgan fingerprint density at radius 3 is 2.35 bits per heavy atom. The number of hydrogen-bond donors (Lipinski definition) is 2. The van der Waals surface area contributed by atoms with E-state index in [2.05, 4.69) is 10.6 Å². The van der Waals surface area contributed by atoms with E-state index in [1.54, 1.807) is 42.5 Å². The van der Waals surface area contributed by atoms with Gasteiger partial charge in [-0.05, 0) is 73.7 Å². The van der Waals surface area contributed by atoms with Gasteiger partial charge in [-0.25, -0.2) is 9.29 Å². The molecule has 0 bridgehead atoms. The van der Waals surface area contributed by atoms with Crippen molar-refractivity contribution in [3.63, 3.8) is 0 Å². The van der Waals surface area contributed by atoms with Crippen molar-refractivity contribution in [3.05, 3.63) is 94.9 Å². The number of rotatable bonds is 7. The minimum Gasteiger partial charge on any atom is -0.494 e. The molecule has 0 radical (unpaired) electrons. The first kappa shape index (κ1) is 23.0. The molecule has 3 aromatic carbocycles. The molecule has 1 heterocycles. The van der Waals surface area contributed by atoms with E-state index in [9.17, 15) is 18.8 Å². The Balaban J connectivity index is 1.49. The summed E-state index contributed by atoms with van der Waals surface area (Å²) in [7, 11) is 0. The topological polar surface area (TPSA) is 87.7 Å². The van der Waals surface area contributed by atoms with Crippen LogP contribution < -0.4 is 20.3 Å². The van der Waals surface area contributed by atoms with Crippen LogP contribution in [0.3, 0.4) is 0 Å². The van der Waals surface area contributed by atoms with E-state index in [1.165, 1.54) is 18.2 Å². The molecule has 0 aromatic heterocycles. The third-order valence-electron chi connectivity index (χ3n) is 4.93. The van der Waals surface area contributed by atoms with Crippen LogP contribution >= 0.6 is 11.6 Å². The molecular weight excluding hydrogens is 461 g/mol. The van der Waals surface area contributed by atoms with E-state index >= 15 is 0 Å². The van der Waals surface area contributed by atoms with Gasteiger partial charge in [0.2, 0.25) is 0 Å². The fourth-order valence-electron chi connectivity index (χ4n) is 3.32. The first-order valence-corrected chi connectivity index (χ1v) is 10.7. The summed E-state index contributed by atoms with van der Waals surface area (Å²) in [4.78, 5) is 39.0. The van der Waals surface area contributed by atoms with Gasteiger partial charge in [0.15, 0.2) is 0 Å². The van der Waals surface area contributed by atoms with Crippen LogP contribution in [0.5, 0.6) is 5.75 Å². The highest BCUT2D eigenvalue weighted by atomic mass is 35.5. The molecule has 1 aliphatic heterocycles. The average molecular weight is 480 g/mol. The van der Waals surface area contributed by atoms with Gasteiger partial charge in [-0.2, -0.15) is 0 Å². The van der Waals surface area contributed by atoms with Crippen LogP contribution in [0.25, 0.3) is 0 Å². The maximum Gasteiger partial charge on any atom is 0.283 e. The summed E-state index contributed by atoms with van der Waals surface area (Å²) in [6, 6.07) is 18.2. The Kier molecular flexibility index (Phi) is 6.60. The van der Waals surface area contributed by atoms with E-state index in [0.717, 1.165) is 17.0 Å². The zero-order chi connectivity index (χ0) is 24.2. The van der Waals surface area contributed by atoms with Crippen LogP contribution in [0.4, 0.5) is 21.5 Å². The molecule has 0 atom stereocenters. The first-order chi connectivity index (χ1) is 16.4. The average Bonchev–Trinajstić information content (AvgIpc) is 3.04. The lowest BCUT2D eigenvalue weighted by atomic mass is 10.1. The molecule has 9 heteroatoms. The lowest BCUT2D eigenvalue weighted by Gasteiger charge is -2.15. The summed E-state index contributed by atoms with van der Waals surface area (Å²) in [6.45, 7) is 2.43. The predicted molar refractivity (Wildman–Crippen MR) is 127 cm³/mol. The van der Waals surface area contributed by atoms with Crippen LogP contribution in [0, 0.1) is 5.82 Å². The number of halogens is 2. The van der Waals surface area contributed by atoms with Crippen molar-refractivity contribution in [2.24, 2.45) is 0 Å². The normalized spacial score (nSPS) is 13.3. The van der Waals surface area contributed by atoms with Crippen molar-refractivity contribution >= 4 is 46.4 Å². The van der Waals surface area contributed by atoms with Gasteiger partial charge in [-0.1, -0.05) is 17.7 Å². The standard InChI is InChI=1S/C25H19ClFN3O4/c1-2-34-20-12-8-17(9-13-20)29-23(31)15-4-3-5-18(14-15)28-22-21(26)24(32)30(25(22)33)19-10-6-16(27)7-11-19/h3-14,28H,2H2,1H3,(H,29,31). The molecule has 0 saturated carbocycles. The molecule has 0 spiro atoms. The van der Waals surface area contributed by atoms with Gasteiger partial charge in [-0.3, -0.25) is 14.4 Å². The molecule has 0 saturated heterocycles. The van der Waals surface area contributed by atoms with E-state index in [0.29, 0.717) is 29.3 Å². The van der Waals surface area contributed by atoms with Gasteiger partial charge in [0, 0.05) is 16.9 Å². The second-order valence-corrected chi connectivity index (χ2v) is 7.61. The summed E-state index contributed by atoms with van der Waals surface area (Å²) >= 11 is 6.14. The molecule has 4 rings (SSSR count). The number of imide groups is 1. The maximum absolute atomic E-state index is 13.2. The number of nitrogens with zero attached hydrogens (tertiary/aromatic N) is 1. The highest BCUT2D eigenvalue weighted by Crippen LogP contribution is 2.30. The fourth-order valence-corrected chi connectivity index (χ4v) is 3.54. The molecule has 0 fully saturated rings. The molecule has 0 unspecified atom stereocenters. The largest absolute Gasteiger partial charge is 0.494 e. The van der Waals surface area contributed by atoms with Gasteiger partial charge in [0.05, 0.1) is 12.3 Å². The van der Waals surface area contributed by atoms with Crippen molar-refractivity contribution < 1.29 is 23.5 Å². The molecular formula is C25H19ClFN3O4. The Labute approximate surface area is 199 Å². The number of carbonyl (C=O) groups excluding carboxylic acids is 3. The molecule has 2 N–H and O–H groups in total. The Hall–Kier alpha value is -4.17. The van der Waals surface area contributed by atoms with Crippen molar-refractivity contribution in [1.82, 2.24) is 0 Å². The van der Waals surface area contributed by atoms with Gasteiger partial charge in [-0.15, -0.1) is 0 Å². The summed E-state index contributed by atoms with van der Waals surface area (Å²) < 4.78 is 18.6. The van der Waals surface area contributed by atoms with Gasteiger partial charge in [0.1, 0.15) is 22.3 Å². The van der Waals surface area contributed by atoms with Crippen molar-refractivity contribution in [1.29, 1.82) is 0 Å². The summed E-state index contributed by atoms with van der Waals surface area (Å²) in [5, 5.41) is 5.31. The van der Waals surface area contributed by atoms with Gasteiger partial charge in [0.25, 0.3) is 17.7 Å². The van der Waals surface area contributed by atoms with Crippen LogP contribution in [-0.4, -0.2) is 24.3 Å². The van der Waals surface area contributed by atoms with Crippen molar-refractivity contribution in [3.8, 4) is 5.75 Å². The molecule has 1 aliphatic rings. The first-order valence-electron chi connectivity index (χ1n) is 10.3. The zero-order valence-electron chi connectivity index (χ0n) is 18.0. The highest BCUT2D eigenvalue weighted by molar-refractivity contribution is 6.53. The molecule has 172 valence electrons. The number of anilines is 3. The minimum atomic E-state index is -0.731. The third-order valence-corrected chi connectivity index (χ3v) is 5.28. The number of benzene rings is 3. The SMILES string of the molecule is CCOc1ccc(NC(=O)c2cccc(NC3=C(Cl)C(=O)N(c4ccc(F)cc4)C3=O)c2)cc1. The van der Waals surface area contributed by atoms with Crippen LogP contribution in [0.15, 0.2) is 83.5 Å². The lowest BCUT2D eigenvalue weighted by Crippen LogP contribution is -2.32. The van der Waals surface area contributed by atoms with Crippen LogP contribution in [0.2, 0.25) is 0 Å². The second kappa shape index (κ2) is 9.76. The number of hydrogen-bond acceptors (Lipinski definition) is 5. The fraction of sp³-hybridized carbons (Fsp3) is 0.0800. The number of nitrogens with one attached hydrogen (secondary N) is 2. The van der Waals surface area contributed by atoms with Crippen LogP contribution in [0.1, 0.15) is 17.3 Å². The monoisotopic (exact) mass is 479 g/mol. The molecule has 0 aliphatic carbocycles. The van der Waals surface area contributed by atoms with Crippen molar-refractivity contribution in [2.75, 3.05) is 22.1 Å². The quantitative estimate of drug-likeness (QED) is 0.470. The lowest BCUT2D eigenvalue weighted by molar-refractivity contribution is -0.120. The van der Waals surface area contributed by atoms with Gasteiger partial charge < -0.3 is 15.4 Å². The summed E-state index contributed by atoms with van der Waals surface area (Å²) in [5.41, 5.74) is 1.34. The Morgan fingerprint density at radius 1 is 0.971 bits per heavy atom. The van der Waals surface area contributed by atoms with E-state index < -0.39 is 17.6 Å². The van der Waals surface area contributed by atoms with Gasteiger partial charge >= 0.3 is 0 Å². The maximum atomic E-state index is 13.2.